The molecule has 0 radical (unpaired) electrons. The number of hydrogen-bond donors (Lipinski definition) is 1. The Bertz CT molecular complexity index is 1080. The van der Waals surface area contributed by atoms with Crippen LogP contribution in [0.25, 0.3) is 11.1 Å². The summed E-state index contributed by atoms with van der Waals surface area (Å²) < 4.78 is 66.2. The summed E-state index contributed by atoms with van der Waals surface area (Å²) in [6.45, 7) is 5.61. The van der Waals surface area contributed by atoms with Crippen LogP contribution in [-0.4, -0.2) is 47.5 Å². The highest BCUT2D eigenvalue weighted by molar-refractivity contribution is 7.89. The van der Waals surface area contributed by atoms with Gasteiger partial charge in [0.15, 0.2) is 0 Å². The molecule has 0 spiro atoms. The zero-order valence-electron chi connectivity index (χ0n) is 18.6. The Morgan fingerprint density at radius 1 is 1.06 bits per heavy atom. The van der Waals surface area contributed by atoms with Crippen LogP contribution in [0.1, 0.15) is 39.2 Å². The molecule has 1 fully saturated rings. The summed E-state index contributed by atoms with van der Waals surface area (Å²) in [5.74, 6) is -0.690. The maximum Gasteiger partial charge on any atom is 0.416 e. The van der Waals surface area contributed by atoms with Crippen molar-refractivity contribution in [2.24, 2.45) is 5.92 Å². The highest BCUT2D eigenvalue weighted by Crippen LogP contribution is 2.33. The van der Waals surface area contributed by atoms with Crippen LogP contribution in [0.4, 0.5) is 13.2 Å². The van der Waals surface area contributed by atoms with Crippen molar-refractivity contribution in [3.05, 3.63) is 54.1 Å². The van der Waals surface area contributed by atoms with E-state index < -0.39 is 39.8 Å². The van der Waals surface area contributed by atoms with E-state index in [1.807, 2.05) is 13.8 Å². The average Bonchev–Trinajstić information content (AvgIpc) is 3.06. The number of carbonyl (C=O) groups excluding carboxylic acids is 1. The van der Waals surface area contributed by atoms with Gasteiger partial charge in [0.25, 0.3) is 5.91 Å². The van der Waals surface area contributed by atoms with Crippen molar-refractivity contribution in [2.75, 3.05) is 6.54 Å². The van der Waals surface area contributed by atoms with E-state index >= 15 is 0 Å². The van der Waals surface area contributed by atoms with Crippen molar-refractivity contribution in [1.29, 1.82) is 0 Å². The molecule has 6 nitrogen and oxygen atoms in total. The Balaban J connectivity index is 1.88. The first-order chi connectivity index (χ1) is 15.4. The Hall–Kier alpha value is -2.43. The number of carbonyl (C=O) groups is 1. The van der Waals surface area contributed by atoms with Crippen molar-refractivity contribution < 1.29 is 31.6 Å². The van der Waals surface area contributed by atoms with Gasteiger partial charge in [0.05, 0.1) is 16.5 Å². The molecule has 2 aromatic rings. The second-order valence-electron chi connectivity index (χ2n) is 8.46. The van der Waals surface area contributed by atoms with Crippen LogP contribution in [0.3, 0.4) is 0 Å². The molecule has 33 heavy (non-hydrogen) atoms. The van der Waals surface area contributed by atoms with Crippen molar-refractivity contribution in [3.63, 3.8) is 0 Å². The van der Waals surface area contributed by atoms with E-state index in [-0.39, 0.29) is 23.8 Å². The molecule has 0 saturated carbocycles. The third-order valence-electron chi connectivity index (χ3n) is 5.86. The maximum atomic E-state index is 13.4. The average molecular weight is 485 g/mol. The third-order valence-corrected chi connectivity index (χ3v) is 7.78. The molecule has 1 N–H and O–H groups in total. The Morgan fingerprint density at radius 3 is 2.00 bits per heavy atom. The van der Waals surface area contributed by atoms with Crippen LogP contribution < -0.4 is 0 Å². The molecule has 0 aromatic heterocycles. The fraction of sp³-hybridized carbons (Fsp3) is 0.435. The zero-order chi connectivity index (χ0) is 24.6. The lowest BCUT2D eigenvalue weighted by molar-refractivity contribution is -0.170. The largest absolute Gasteiger partial charge is 0.416 e. The van der Waals surface area contributed by atoms with Crippen molar-refractivity contribution in [1.82, 2.24) is 9.37 Å². The van der Waals surface area contributed by atoms with Crippen LogP contribution >= 0.6 is 0 Å². The summed E-state index contributed by atoms with van der Waals surface area (Å²) in [5.41, 5.74) is 0.307. The van der Waals surface area contributed by atoms with E-state index in [1.54, 1.807) is 6.92 Å². The van der Waals surface area contributed by atoms with Gasteiger partial charge < -0.3 is 0 Å². The minimum absolute atomic E-state index is 0.0306. The highest BCUT2D eigenvalue weighted by Gasteiger charge is 2.47. The molecule has 1 saturated heterocycles. The van der Waals surface area contributed by atoms with E-state index in [2.05, 4.69) is 0 Å². The van der Waals surface area contributed by atoms with Crippen LogP contribution in [0, 0.1) is 5.92 Å². The number of halogens is 3. The molecule has 1 aliphatic rings. The molecule has 2 aromatic carbocycles. The SMILES string of the molecule is CCCN(C1C[C@H](C(C)C)N(O)C1=O)S(=O)(=O)c1ccc(-c2ccc(C(F)(F)F)cc2)cc1. The van der Waals surface area contributed by atoms with Gasteiger partial charge in [0.1, 0.15) is 6.04 Å². The summed E-state index contributed by atoms with van der Waals surface area (Å²) in [5, 5.41) is 10.8. The van der Waals surface area contributed by atoms with Crippen LogP contribution in [-0.2, 0) is 21.0 Å². The summed E-state index contributed by atoms with van der Waals surface area (Å²) >= 11 is 0. The summed E-state index contributed by atoms with van der Waals surface area (Å²) in [6, 6.07) is 8.92. The zero-order valence-corrected chi connectivity index (χ0v) is 19.4. The predicted molar refractivity (Wildman–Crippen MR) is 117 cm³/mol. The molecule has 2 atom stereocenters. The quantitative estimate of drug-likeness (QED) is 0.574. The summed E-state index contributed by atoms with van der Waals surface area (Å²) in [4.78, 5) is 12.6. The number of alkyl halides is 3. The minimum Gasteiger partial charge on any atom is -0.286 e. The Morgan fingerprint density at radius 2 is 1.58 bits per heavy atom. The third kappa shape index (κ3) is 5.07. The first kappa shape index (κ1) is 25.2. The van der Waals surface area contributed by atoms with Crippen LogP contribution in [0.15, 0.2) is 53.4 Å². The standard InChI is InChI=1S/C23H27F3N2O4S/c1-4-13-27(21-14-20(15(2)3)28(30)22(21)29)33(31,32)19-11-7-17(8-12-19)16-5-9-18(10-6-16)23(24,25)26/h5-12,15,20-21,30H,4,13-14H2,1-3H3/t20-,21?/m1/s1. The maximum absolute atomic E-state index is 13.4. The molecule has 3 rings (SSSR count). The van der Waals surface area contributed by atoms with E-state index in [0.717, 1.165) is 16.4 Å². The van der Waals surface area contributed by atoms with Crippen molar-refractivity contribution in [3.8, 4) is 11.1 Å². The van der Waals surface area contributed by atoms with Crippen molar-refractivity contribution in [2.45, 2.75) is 56.8 Å². The molecule has 1 heterocycles. The summed E-state index contributed by atoms with van der Waals surface area (Å²) in [7, 11) is -4.05. The van der Waals surface area contributed by atoms with E-state index in [4.69, 9.17) is 0 Å². The lowest BCUT2D eigenvalue weighted by Crippen LogP contribution is -2.45. The number of benzene rings is 2. The molecule has 180 valence electrons. The van der Waals surface area contributed by atoms with Gasteiger partial charge in [-0.3, -0.25) is 10.0 Å². The predicted octanol–water partition coefficient (Wildman–Crippen LogP) is 4.79. The number of hydroxylamine groups is 2. The van der Waals surface area contributed by atoms with Crippen molar-refractivity contribution >= 4 is 15.9 Å². The fourth-order valence-electron chi connectivity index (χ4n) is 4.01. The molecular weight excluding hydrogens is 457 g/mol. The van der Waals surface area contributed by atoms with Gasteiger partial charge in [-0.25, -0.2) is 13.5 Å². The van der Waals surface area contributed by atoms with E-state index in [0.29, 0.717) is 22.6 Å². The number of rotatable bonds is 7. The second kappa shape index (κ2) is 9.44. The Labute approximate surface area is 191 Å². The molecule has 1 amide bonds. The smallest absolute Gasteiger partial charge is 0.286 e. The molecule has 1 unspecified atom stereocenters. The van der Waals surface area contributed by atoms with E-state index in [1.165, 1.54) is 36.4 Å². The number of hydrogen-bond acceptors (Lipinski definition) is 4. The van der Waals surface area contributed by atoms with Gasteiger partial charge in [-0.05, 0) is 54.2 Å². The minimum atomic E-state index is -4.43. The first-order valence-corrected chi connectivity index (χ1v) is 12.1. The molecule has 10 heteroatoms. The lowest BCUT2D eigenvalue weighted by atomic mass is 10.0. The molecule has 1 aliphatic heterocycles. The second-order valence-corrected chi connectivity index (χ2v) is 10.4. The van der Waals surface area contributed by atoms with Gasteiger partial charge in [0.2, 0.25) is 10.0 Å². The lowest BCUT2D eigenvalue weighted by Gasteiger charge is -2.26. The van der Waals surface area contributed by atoms with Gasteiger partial charge in [-0.15, -0.1) is 0 Å². The fourth-order valence-corrected chi connectivity index (χ4v) is 5.70. The normalized spacial score (nSPS) is 19.7. The van der Waals surface area contributed by atoms with Crippen LogP contribution in [0.5, 0.6) is 0 Å². The van der Waals surface area contributed by atoms with Crippen LogP contribution in [0.2, 0.25) is 0 Å². The monoisotopic (exact) mass is 484 g/mol. The van der Waals surface area contributed by atoms with Gasteiger partial charge >= 0.3 is 6.18 Å². The van der Waals surface area contributed by atoms with E-state index in [9.17, 15) is 31.6 Å². The summed E-state index contributed by atoms with van der Waals surface area (Å²) in [6.07, 6.45) is -3.77. The number of sulfonamides is 1. The highest BCUT2D eigenvalue weighted by atomic mass is 32.2. The van der Waals surface area contributed by atoms with Gasteiger partial charge in [-0.2, -0.15) is 17.5 Å². The molecule has 0 bridgehead atoms. The first-order valence-electron chi connectivity index (χ1n) is 10.7. The number of amides is 1. The van der Waals surface area contributed by atoms with Gasteiger partial charge in [0, 0.05) is 6.54 Å². The topological polar surface area (TPSA) is 77.9 Å². The molecule has 0 aliphatic carbocycles. The Kier molecular flexibility index (Phi) is 7.21. The van der Waals surface area contributed by atoms with Gasteiger partial charge in [-0.1, -0.05) is 45.0 Å². The number of nitrogens with zero attached hydrogens (tertiary/aromatic N) is 2. The molecular formula is C23H27F3N2O4S.